The Hall–Kier alpha value is -1.96. The van der Waals surface area contributed by atoms with Gasteiger partial charge in [-0.25, -0.2) is 4.98 Å². The first-order chi connectivity index (χ1) is 13.2. The van der Waals surface area contributed by atoms with Crippen molar-refractivity contribution >= 4 is 43.9 Å². The highest BCUT2D eigenvalue weighted by Gasteiger charge is 2.27. The summed E-state index contributed by atoms with van der Waals surface area (Å²) in [7, 11) is 0. The Kier molecular flexibility index (Phi) is 5.43. The summed E-state index contributed by atoms with van der Waals surface area (Å²) in [5, 5.41) is 5.81. The molecule has 2 aromatic heterocycles. The van der Waals surface area contributed by atoms with Gasteiger partial charge in [-0.2, -0.15) is 0 Å². The zero-order chi connectivity index (χ0) is 18.8. The number of fused-ring (bicyclic) bond motifs is 2. The van der Waals surface area contributed by atoms with E-state index in [9.17, 15) is 4.79 Å². The largest absolute Gasteiger partial charge is 0.465 e. The fourth-order valence-electron chi connectivity index (χ4n) is 3.47. The van der Waals surface area contributed by atoms with E-state index in [0.29, 0.717) is 13.2 Å². The lowest BCUT2D eigenvalue weighted by molar-refractivity contribution is -0.144. The van der Waals surface area contributed by atoms with Crippen molar-refractivity contribution < 1.29 is 9.53 Å². The van der Waals surface area contributed by atoms with Crippen LogP contribution in [0.5, 0.6) is 0 Å². The number of thiophene rings is 1. The Morgan fingerprint density at radius 1 is 1.30 bits per heavy atom. The van der Waals surface area contributed by atoms with E-state index in [4.69, 9.17) is 9.72 Å². The zero-order valence-electron chi connectivity index (χ0n) is 15.6. The van der Waals surface area contributed by atoms with Crippen LogP contribution in [-0.2, 0) is 22.5 Å². The van der Waals surface area contributed by atoms with Crippen molar-refractivity contribution in [1.29, 1.82) is 0 Å². The molecule has 0 spiro atoms. The first-order valence-electron chi connectivity index (χ1n) is 9.32. The van der Waals surface area contributed by atoms with E-state index < -0.39 is 0 Å². The number of para-hydroxylation sites is 1. The van der Waals surface area contributed by atoms with Crippen molar-refractivity contribution in [3.8, 4) is 10.6 Å². The normalized spacial score (nSPS) is 14.3. The molecule has 3 aromatic rings. The van der Waals surface area contributed by atoms with Crippen LogP contribution in [0.1, 0.15) is 24.3 Å². The topological polar surface area (TPSA) is 54.5 Å². The lowest BCUT2D eigenvalue weighted by Gasteiger charge is -2.26. The third-order valence-corrected chi connectivity index (χ3v) is 6.87. The lowest BCUT2D eigenvalue weighted by Crippen LogP contribution is -2.35. The molecule has 1 aliphatic heterocycles. The number of carbonyl (C=O) groups excluding carboxylic acids is 1. The van der Waals surface area contributed by atoms with Gasteiger partial charge in [-0.05, 0) is 38.0 Å². The molecular weight excluding hydrogens is 378 g/mol. The number of carbonyl (C=O) groups is 1. The van der Waals surface area contributed by atoms with Gasteiger partial charge in [-0.3, -0.25) is 9.69 Å². The van der Waals surface area contributed by atoms with E-state index in [-0.39, 0.29) is 5.97 Å². The summed E-state index contributed by atoms with van der Waals surface area (Å²) in [5.41, 5.74) is 3.70. The van der Waals surface area contributed by atoms with Crippen LogP contribution in [0, 0.1) is 0 Å². The second-order valence-corrected chi connectivity index (χ2v) is 8.63. The minimum Gasteiger partial charge on any atom is -0.465 e. The van der Waals surface area contributed by atoms with Gasteiger partial charge in [0, 0.05) is 30.1 Å². The summed E-state index contributed by atoms with van der Waals surface area (Å²) in [6, 6.07) is 8.30. The fourth-order valence-corrected chi connectivity index (χ4v) is 5.94. The lowest BCUT2D eigenvalue weighted by atomic mass is 10.0. The van der Waals surface area contributed by atoms with Gasteiger partial charge in [0.25, 0.3) is 0 Å². The number of rotatable bonds is 6. The van der Waals surface area contributed by atoms with Gasteiger partial charge >= 0.3 is 5.97 Å². The number of esters is 1. The van der Waals surface area contributed by atoms with Crippen molar-refractivity contribution in [3.05, 3.63) is 34.7 Å². The quantitative estimate of drug-likeness (QED) is 0.621. The molecular formula is C20H23N3O2S2. The Morgan fingerprint density at radius 3 is 2.93 bits per heavy atom. The van der Waals surface area contributed by atoms with Crippen LogP contribution in [0.3, 0.4) is 0 Å². The van der Waals surface area contributed by atoms with Gasteiger partial charge in [0.1, 0.15) is 5.01 Å². The van der Waals surface area contributed by atoms with Crippen LogP contribution >= 0.6 is 22.7 Å². The van der Waals surface area contributed by atoms with Crippen molar-refractivity contribution in [2.75, 3.05) is 31.6 Å². The van der Waals surface area contributed by atoms with Crippen molar-refractivity contribution in [3.63, 3.8) is 0 Å². The zero-order valence-corrected chi connectivity index (χ0v) is 17.2. The highest BCUT2D eigenvalue weighted by molar-refractivity contribution is 7.22. The number of nitrogens with one attached hydrogen (secondary N) is 1. The molecule has 142 valence electrons. The van der Waals surface area contributed by atoms with Crippen LogP contribution in [0.25, 0.3) is 20.8 Å². The number of aromatic nitrogens is 1. The number of hydrogen-bond donors (Lipinski definition) is 1. The maximum atomic E-state index is 11.8. The first-order valence-corrected chi connectivity index (χ1v) is 10.9. The Balaban J connectivity index is 1.67. The predicted molar refractivity (Wildman–Crippen MR) is 113 cm³/mol. The molecule has 7 heteroatoms. The van der Waals surface area contributed by atoms with Crippen LogP contribution in [0.2, 0.25) is 0 Å². The molecule has 4 rings (SSSR count). The molecule has 0 fully saturated rings. The van der Waals surface area contributed by atoms with E-state index in [0.717, 1.165) is 36.6 Å². The maximum Gasteiger partial charge on any atom is 0.320 e. The summed E-state index contributed by atoms with van der Waals surface area (Å²) in [6.07, 6.45) is 0.932. The average molecular weight is 402 g/mol. The summed E-state index contributed by atoms with van der Waals surface area (Å²) < 4.78 is 6.32. The maximum absolute atomic E-state index is 11.8. The number of anilines is 1. The van der Waals surface area contributed by atoms with Crippen molar-refractivity contribution in [2.24, 2.45) is 0 Å². The van der Waals surface area contributed by atoms with Crippen molar-refractivity contribution in [1.82, 2.24) is 9.88 Å². The molecule has 0 aliphatic carbocycles. The molecule has 1 aliphatic rings. The van der Waals surface area contributed by atoms with E-state index in [1.165, 1.54) is 25.7 Å². The summed E-state index contributed by atoms with van der Waals surface area (Å²) in [5.74, 6) is -0.143. The van der Waals surface area contributed by atoms with E-state index in [1.54, 1.807) is 22.7 Å². The molecule has 0 unspecified atom stereocenters. The SMILES string of the molecule is CCNc1sc2c(c1-c1nc3ccccc3s1)CCN(CC(=O)OCC)C2. The second-order valence-electron chi connectivity index (χ2n) is 6.49. The van der Waals surface area contributed by atoms with Gasteiger partial charge in [-0.1, -0.05) is 12.1 Å². The Morgan fingerprint density at radius 2 is 2.15 bits per heavy atom. The smallest absolute Gasteiger partial charge is 0.320 e. The molecule has 0 saturated carbocycles. The van der Waals surface area contributed by atoms with Gasteiger partial charge < -0.3 is 10.1 Å². The van der Waals surface area contributed by atoms with Crippen LogP contribution in [0.4, 0.5) is 5.00 Å². The third kappa shape index (κ3) is 3.72. The summed E-state index contributed by atoms with van der Waals surface area (Å²) in [4.78, 5) is 20.2. The molecule has 0 amide bonds. The van der Waals surface area contributed by atoms with Gasteiger partial charge in [0.15, 0.2) is 0 Å². The predicted octanol–water partition coefficient (Wildman–Crippen LogP) is 4.38. The minimum atomic E-state index is -0.143. The first kappa shape index (κ1) is 18.4. The number of hydrogen-bond acceptors (Lipinski definition) is 7. The van der Waals surface area contributed by atoms with Crippen LogP contribution in [0.15, 0.2) is 24.3 Å². The van der Waals surface area contributed by atoms with E-state index in [1.807, 2.05) is 13.0 Å². The van der Waals surface area contributed by atoms with Gasteiger partial charge in [-0.15, -0.1) is 22.7 Å². The van der Waals surface area contributed by atoms with Crippen LogP contribution in [-0.4, -0.2) is 42.1 Å². The highest BCUT2D eigenvalue weighted by atomic mass is 32.1. The van der Waals surface area contributed by atoms with E-state index in [2.05, 4.69) is 35.3 Å². The molecule has 1 aromatic carbocycles. The van der Waals surface area contributed by atoms with E-state index >= 15 is 0 Å². The van der Waals surface area contributed by atoms with Gasteiger partial charge in [0.05, 0.1) is 28.4 Å². The van der Waals surface area contributed by atoms with Gasteiger partial charge in [0.2, 0.25) is 0 Å². The highest BCUT2D eigenvalue weighted by Crippen LogP contribution is 2.45. The average Bonchev–Trinajstić information content (AvgIpc) is 3.22. The Labute approximate surface area is 167 Å². The molecule has 0 bridgehead atoms. The summed E-state index contributed by atoms with van der Waals surface area (Å²) in [6.45, 7) is 7.30. The number of benzene rings is 1. The molecule has 0 atom stereocenters. The number of ether oxygens (including phenoxy) is 1. The summed E-state index contributed by atoms with van der Waals surface area (Å²) >= 11 is 3.55. The molecule has 5 nitrogen and oxygen atoms in total. The van der Waals surface area contributed by atoms with Crippen LogP contribution < -0.4 is 5.32 Å². The van der Waals surface area contributed by atoms with Crippen molar-refractivity contribution in [2.45, 2.75) is 26.8 Å². The number of nitrogens with zero attached hydrogens (tertiary/aromatic N) is 2. The Bertz CT molecular complexity index is 930. The standard InChI is InChI=1S/C20H23N3O2S2/c1-3-21-19-18(20-22-14-7-5-6-8-15(14)26-20)13-9-10-23(11-16(13)27-19)12-17(24)25-4-2/h5-8,21H,3-4,9-12H2,1-2H3. The monoisotopic (exact) mass is 401 g/mol. The minimum absolute atomic E-state index is 0.143. The molecule has 3 heterocycles. The molecule has 1 N–H and O–H groups in total. The molecule has 27 heavy (non-hydrogen) atoms. The third-order valence-electron chi connectivity index (χ3n) is 4.64. The fraction of sp³-hybridized carbons (Fsp3) is 0.400. The second kappa shape index (κ2) is 7.96. The number of thiazole rings is 1. The molecule has 0 saturated heterocycles. The molecule has 0 radical (unpaired) electrons.